The highest BCUT2D eigenvalue weighted by molar-refractivity contribution is 7.12. The molecular weight excluding hydrogens is 376 g/mol. The first-order valence-corrected chi connectivity index (χ1v) is 9.58. The molecule has 0 saturated heterocycles. The van der Waals surface area contributed by atoms with Crippen molar-refractivity contribution in [2.24, 2.45) is 0 Å². The van der Waals surface area contributed by atoms with Crippen LogP contribution >= 0.6 is 11.3 Å². The summed E-state index contributed by atoms with van der Waals surface area (Å²) in [5.41, 5.74) is 5.24. The van der Waals surface area contributed by atoms with Gasteiger partial charge in [0.1, 0.15) is 0 Å². The van der Waals surface area contributed by atoms with Gasteiger partial charge in [0.25, 0.3) is 0 Å². The van der Waals surface area contributed by atoms with Crippen LogP contribution in [0.25, 0.3) is 21.7 Å². The lowest BCUT2D eigenvalue weighted by atomic mass is 10.0. The standard InChI is InChI=1S/C19H18N6O2S/c1-11(2)14-10-25(15-4-5-20-8-13(14)15)24-19(26)27-16-9-22-17(23-12(16)3)18-21-6-7-28-18/h4-11H,1-3H3,(H,24,26). The molecule has 9 heteroatoms. The summed E-state index contributed by atoms with van der Waals surface area (Å²) in [6, 6.07) is 1.85. The van der Waals surface area contributed by atoms with E-state index in [2.05, 4.69) is 39.2 Å². The molecule has 8 nitrogen and oxygen atoms in total. The topological polar surface area (TPSA) is 94.8 Å². The Morgan fingerprint density at radius 1 is 1.25 bits per heavy atom. The number of thiazole rings is 1. The first-order valence-electron chi connectivity index (χ1n) is 8.70. The average Bonchev–Trinajstić information content (AvgIpc) is 3.32. The van der Waals surface area contributed by atoms with E-state index in [1.165, 1.54) is 17.5 Å². The van der Waals surface area contributed by atoms with Gasteiger partial charge >= 0.3 is 6.09 Å². The van der Waals surface area contributed by atoms with Crippen LogP contribution in [-0.4, -0.2) is 30.7 Å². The minimum absolute atomic E-state index is 0.292. The smallest absolute Gasteiger partial charge is 0.406 e. The van der Waals surface area contributed by atoms with Crippen molar-refractivity contribution in [2.45, 2.75) is 26.7 Å². The number of fused-ring (bicyclic) bond motifs is 1. The second kappa shape index (κ2) is 7.35. The molecule has 0 fully saturated rings. The van der Waals surface area contributed by atoms with Crippen molar-refractivity contribution in [3.05, 3.63) is 53.7 Å². The fourth-order valence-electron chi connectivity index (χ4n) is 2.86. The Labute approximate surface area is 165 Å². The molecule has 0 spiro atoms. The fourth-order valence-corrected chi connectivity index (χ4v) is 3.44. The first kappa shape index (κ1) is 18.1. The predicted octanol–water partition coefficient (Wildman–Crippen LogP) is 4.12. The van der Waals surface area contributed by atoms with Gasteiger partial charge in [0.15, 0.2) is 16.6 Å². The number of rotatable bonds is 4. The van der Waals surface area contributed by atoms with Crippen molar-refractivity contribution in [2.75, 3.05) is 5.43 Å². The molecule has 4 aromatic rings. The number of nitrogens with zero attached hydrogens (tertiary/aromatic N) is 5. The molecule has 1 amide bonds. The molecule has 4 heterocycles. The lowest BCUT2D eigenvalue weighted by Crippen LogP contribution is -2.25. The molecular formula is C19H18N6O2S. The predicted molar refractivity (Wildman–Crippen MR) is 107 cm³/mol. The van der Waals surface area contributed by atoms with Crippen LogP contribution in [0.2, 0.25) is 0 Å². The van der Waals surface area contributed by atoms with Gasteiger partial charge in [-0.15, -0.1) is 11.3 Å². The second-order valence-corrected chi connectivity index (χ2v) is 7.38. The van der Waals surface area contributed by atoms with Crippen LogP contribution < -0.4 is 10.2 Å². The van der Waals surface area contributed by atoms with E-state index >= 15 is 0 Å². The Morgan fingerprint density at radius 2 is 2.11 bits per heavy atom. The lowest BCUT2D eigenvalue weighted by Gasteiger charge is -2.10. The van der Waals surface area contributed by atoms with Gasteiger partial charge in [-0.25, -0.2) is 25.2 Å². The number of hydrogen-bond acceptors (Lipinski definition) is 7. The van der Waals surface area contributed by atoms with Gasteiger partial charge in [-0.1, -0.05) is 13.8 Å². The van der Waals surface area contributed by atoms with Crippen LogP contribution in [0.5, 0.6) is 5.75 Å². The van der Waals surface area contributed by atoms with E-state index in [-0.39, 0.29) is 0 Å². The van der Waals surface area contributed by atoms with Crippen LogP contribution in [0.4, 0.5) is 4.79 Å². The van der Waals surface area contributed by atoms with Crippen molar-refractivity contribution in [1.29, 1.82) is 0 Å². The van der Waals surface area contributed by atoms with Gasteiger partial charge in [-0.3, -0.25) is 9.66 Å². The maximum atomic E-state index is 12.4. The summed E-state index contributed by atoms with van der Waals surface area (Å²) >= 11 is 1.45. The summed E-state index contributed by atoms with van der Waals surface area (Å²) in [5, 5.41) is 3.56. The number of amides is 1. The van der Waals surface area contributed by atoms with Crippen molar-refractivity contribution in [1.82, 2.24) is 24.6 Å². The molecule has 0 unspecified atom stereocenters. The van der Waals surface area contributed by atoms with E-state index in [1.807, 2.05) is 17.6 Å². The summed E-state index contributed by atoms with van der Waals surface area (Å²) in [5.74, 6) is 1.09. The SMILES string of the molecule is Cc1nc(-c2nccs2)ncc1OC(=O)Nn1cc(C(C)C)c2cnccc21. The van der Waals surface area contributed by atoms with Gasteiger partial charge in [0.2, 0.25) is 0 Å². The molecule has 0 bridgehead atoms. The molecule has 0 aliphatic rings. The Bertz CT molecular complexity index is 1140. The number of aryl methyl sites for hydroxylation is 1. The van der Waals surface area contributed by atoms with Crippen molar-refractivity contribution < 1.29 is 9.53 Å². The maximum absolute atomic E-state index is 12.4. The average molecular weight is 394 g/mol. The molecule has 0 atom stereocenters. The zero-order valence-electron chi connectivity index (χ0n) is 15.6. The zero-order chi connectivity index (χ0) is 19.7. The highest BCUT2D eigenvalue weighted by atomic mass is 32.1. The van der Waals surface area contributed by atoms with E-state index < -0.39 is 6.09 Å². The van der Waals surface area contributed by atoms with E-state index in [0.29, 0.717) is 28.2 Å². The summed E-state index contributed by atoms with van der Waals surface area (Å²) < 4.78 is 7.06. The van der Waals surface area contributed by atoms with Crippen LogP contribution in [0.1, 0.15) is 31.0 Å². The molecule has 28 heavy (non-hydrogen) atoms. The van der Waals surface area contributed by atoms with Crippen molar-refractivity contribution in [3.8, 4) is 16.6 Å². The Hall–Kier alpha value is -3.33. The minimum Gasteiger partial charge on any atom is -0.406 e. The molecule has 142 valence electrons. The quantitative estimate of drug-likeness (QED) is 0.559. The molecule has 4 rings (SSSR count). The minimum atomic E-state index is -0.627. The third-order valence-electron chi connectivity index (χ3n) is 4.23. The Kier molecular flexibility index (Phi) is 4.74. The fraction of sp³-hybridized carbons (Fsp3) is 0.211. The van der Waals surface area contributed by atoms with Crippen molar-refractivity contribution >= 4 is 28.3 Å². The van der Waals surface area contributed by atoms with E-state index in [0.717, 1.165) is 16.5 Å². The number of nitrogens with one attached hydrogen (secondary N) is 1. The van der Waals surface area contributed by atoms with E-state index in [9.17, 15) is 4.79 Å². The van der Waals surface area contributed by atoms with Gasteiger partial charge in [-0.2, -0.15) is 0 Å². The second-order valence-electron chi connectivity index (χ2n) is 6.48. The Morgan fingerprint density at radius 3 is 2.82 bits per heavy atom. The number of hydrogen-bond donors (Lipinski definition) is 1. The van der Waals surface area contributed by atoms with Crippen LogP contribution in [0, 0.1) is 6.92 Å². The monoisotopic (exact) mass is 394 g/mol. The van der Waals surface area contributed by atoms with E-state index in [1.54, 1.807) is 30.2 Å². The van der Waals surface area contributed by atoms with E-state index in [4.69, 9.17) is 4.74 Å². The summed E-state index contributed by atoms with van der Waals surface area (Å²) in [7, 11) is 0. The van der Waals surface area contributed by atoms with Crippen LogP contribution in [0.15, 0.2) is 42.4 Å². The lowest BCUT2D eigenvalue weighted by molar-refractivity contribution is 0.211. The molecule has 1 N–H and O–H groups in total. The maximum Gasteiger partial charge on any atom is 0.432 e. The summed E-state index contributed by atoms with van der Waals surface area (Å²) in [4.78, 5) is 29.4. The Balaban J connectivity index is 1.55. The number of carbonyl (C=O) groups excluding carboxylic acids is 1. The molecule has 0 saturated carbocycles. The van der Waals surface area contributed by atoms with Gasteiger partial charge in [0.05, 0.1) is 17.4 Å². The molecule has 0 radical (unpaired) electrons. The number of carbonyl (C=O) groups is 1. The molecule has 0 aromatic carbocycles. The largest absolute Gasteiger partial charge is 0.432 e. The molecule has 0 aliphatic carbocycles. The van der Waals surface area contributed by atoms with Gasteiger partial charge in [0, 0.05) is 35.6 Å². The highest BCUT2D eigenvalue weighted by Gasteiger charge is 2.15. The van der Waals surface area contributed by atoms with Gasteiger partial charge < -0.3 is 4.74 Å². The van der Waals surface area contributed by atoms with Crippen LogP contribution in [-0.2, 0) is 0 Å². The first-order chi connectivity index (χ1) is 13.5. The van der Waals surface area contributed by atoms with Gasteiger partial charge in [-0.05, 0) is 24.5 Å². The number of aromatic nitrogens is 5. The highest BCUT2D eigenvalue weighted by Crippen LogP contribution is 2.26. The molecule has 4 aromatic heterocycles. The summed E-state index contributed by atoms with van der Waals surface area (Å²) in [6.07, 6.45) is 7.91. The van der Waals surface area contributed by atoms with Crippen molar-refractivity contribution in [3.63, 3.8) is 0 Å². The number of pyridine rings is 1. The van der Waals surface area contributed by atoms with Crippen LogP contribution in [0.3, 0.4) is 0 Å². The molecule has 0 aliphatic heterocycles. The number of ether oxygens (including phenoxy) is 1. The third-order valence-corrected chi connectivity index (χ3v) is 5.00. The summed E-state index contributed by atoms with van der Waals surface area (Å²) in [6.45, 7) is 5.94. The third kappa shape index (κ3) is 3.44. The zero-order valence-corrected chi connectivity index (χ0v) is 16.4. The normalized spacial score (nSPS) is 11.1.